The number of hydrogen-bond donors (Lipinski definition) is 1. The van der Waals surface area contributed by atoms with Gasteiger partial charge in [-0.3, -0.25) is 4.79 Å². The number of rotatable bonds is 10. The number of esters is 1. The van der Waals surface area contributed by atoms with Gasteiger partial charge >= 0.3 is 5.97 Å². The lowest BCUT2D eigenvalue weighted by atomic mass is 9.71. The third kappa shape index (κ3) is 5.78. The molecule has 0 saturated carbocycles. The number of methoxy groups -OCH3 is 2. The Morgan fingerprint density at radius 1 is 1.00 bits per heavy atom. The first-order valence-electron chi connectivity index (χ1n) is 13.2. The summed E-state index contributed by atoms with van der Waals surface area (Å²) in [5.74, 6) is 2.23. The molecule has 0 spiro atoms. The van der Waals surface area contributed by atoms with Crippen molar-refractivity contribution in [1.29, 1.82) is 0 Å². The van der Waals surface area contributed by atoms with Gasteiger partial charge in [0.2, 0.25) is 0 Å². The van der Waals surface area contributed by atoms with E-state index in [0.29, 0.717) is 42.1 Å². The molecule has 0 saturated heterocycles. The summed E-state index contributed by atoms with van der Waals surface area (Å²) < 4.78 is 16.6. The maximum atomic E-state index is 13.8. The van der Waals surface area contributed by atoms with Gasteiger partial charge in [0.15, 0.2) is 17.3 Å². The standard InChI is InChI=1S/C31H37NO5S/c1-6-20-8-10-21(11-9-20)29-28(31(34)37-14-15-38-7-2)19(3)32-24-16-23(17-25(33)30(24)29)22-12-13-26(35-4)27(18-22)36-5/h8-13,18,23,29,32H,6-7,14-17H2,1-5H3. The third-order valence-electron chi connectivity index (χ3n) is 7.31. The van der Waals surface area contributed by atoms with E-state index in [-0.39, 0.29) is 17.7 Å². The fourth-order valence-corrected chi connectivity index (χ4v) is 5.84. The molecule has 1 aliphatic heterocycles. The Labute approximate surface area is 229 Å². The van der Waals surface area contributed by atoms with E-state index in [1.807, 2.05) is 37.3 Å². The SMILES string of the molecule is CCSCCOC(=O)C1=C(C)NC2=C(C(=O)CC(c3ccc(OC)c(OC)c3)C2)C1c1ccc(CC)cc1. The highest BCUT2D eigenvalue weighted by Gasteiger charge is 2.41. The van der Waals surface area contributed by atoms with Crippen molar-refractivity contribution >= 4 is 23.5 Å². The quantitative estimate of drug-likeness (QED) is 0.299. The Morgan fingerprint density at radius 3 is 2.37 bits per heavy atom. The summed E-state index contributed by atoms with van der Waals surface area (Å²) in [6.45, 7) is 6.44. The zero-order valence-corrected chi connectivity index (χ0v) is 23.7. The van der Waals surface area contributed by atoms with Gasteiger partial charge in [-0.15, -0.1) is 0 Å². The van der Waals surface area contributed by atoms with Gasteiger partial charge in [-0.25, -0.2) is 4.79 Å². The van der Waals surface area contributed by atoms with E-state index in [2.05, 4.69) is 31.3 Å². The van der Waals surface area contributed by atoms with Crippen LogP contribution in [0.4, 0.5) is 0 Å². The molecule has 2 aromatic carbocycles. The largest absolute Gasteiger partial charge is 0.493 e. The zero-order chi connectivity index (χ0) is 27.2. The van der Waals surface area contributed by atoms with Crippen molar-refractivity contribution in [2.24, 2.45) is 0 Å². The first kappa shape index (κ1) is 27.8. The fraction of sp³-hybridized carbons (Fsp3) is 0.419. The summed E-state index contributed by atoms with van der Waals surface area (Å²) in [4.78, 5) is 27.2. The van der Waals surface area contributed by atoms with Gasteiger partial charge in [-0.2, -0.15) is 11.8 Å². The van der Waals surface area contributed by atoms with Crippen LogP contribution in [0, 0.1) is 0 Å². The molecule has 6 nitrogen and oxygen atoms in total. The van der Waals surface area contributed by atoms with Crippen LogP contribution in [-0.4, -0.2) is 44.1 Å². The normalized spacial score (nSPS) is 19.1. The Balaban J connectivity index is 1.71. The molecule has 0 aromatic heterocycles. The Morgan fingerprint density at radius 2 is 1.71 bits per heavy atom. The van der Waals surface area contributed by atoms with Crippen LogP contribution in [0.3, 0.4) is 0 Å². The number of ketones is 1. The molecular formula is C31H37NO5S. The van der Waals surface area contributed by atoms with Gasteiger partial charge in [-0.1, -0.05) is 44.2 Å². The average molecular weight is 536 g/mol. The number of ether oxygens (including phenoxy) is 3. The Kier molecular flexibility index (Phi) is 9.21. The molecule has 0 radical (unpaired) electrons. The lowest BCUT2D eigenvalue weighted by Crippen LogP contribution is -2.36. The van der Waals surface area contributed by atoms with E-state index in [9.17, 15) is 9.59 Å². The van der Waals surface area contributed by atoms with Crippen LogP contribution in [0.5, 0.6) is 11.5 Å². The first-order chi connectivity index (χ1) is 18.4. The summed E-state index contributed by atoms with van der Waals surface area (Å²) in [6, 6.07) is 14.1. The second-order valence-corrected chi connectivity index (χ2v) is 11.0. The Bertz CT molecular complexity index is 1250. The smallest absolute Gasteiger partial charge is 0.336 e. The summed E-state index contributed by atoms with van der Waals surface area (Å²) >= 11 is 1.73. The second kappa shape index (κ2) is 12.6. The van der Waals surface area contributed by atoms with E-state index in [0.717, 1.165) is 40.4 Å². The molecule has 4 rings (SSSR count). The predicted molar refractivity (Wildman–Crippen MR) is 152 cm³/mol. The summed E-state index contributed by atoms with van der Waals surface area (Å²) in [7, 11) is 3.22. The van der Waals surface area contributed by atoms with Crippen molar-refractivity contribution in [3.63, 3.8) is 0 Å². The number of Topliss-reactive ketones (excluding diaryl/α,β-unsaturated/α-hetero) is 1. The van der Waals surface area contributed by atoms with Crippen LogP contribution in [0.15, 0.2) is 65.0 Å². The molecule has 2 atom stereocenters. The first-order valence-corrected chi connectivity index (χ1v) is 14.4. The predicted octanol–water partition coefficient (Wildman–Crippen LogP) is 5.92. The number of dihydropyridines is 1. The molecule has 2 aromatic rings. The highest BCUT2D eigenvalue weighted by atomic mass is 32.2. The minimum absolute atomic E-state index is 0.0101. The number of carbonyl (C=O) groups is 2. The third-order valence-corrected chi connectivity index (χ3v) is 8.18. The number of thioether (sulfide) groups is 1. The maximum Gasteiger partial charge on any atom is 0.336 e. The van der Waals surface area contributed by atoms with E-state index in [4.69, 9.17) is 14.2 Å². The van der Waals surface area contributed by atoms with E-state index >= 15 is 0 Å². The average Bonchev–Trinajstić information content (AvgIpc) is 2.94. The molecular weight excluding hydrogens is 498 g/mol. The van der Waals surface area contributed by atoms with Crippen molar-refractivity contribution in [1.82, 2.24) is 5.32 Å². The van der Waals surface area contributed by atoms with E-state index < -0.39 is 5.92 Å². The van der Waals surface area contributed by atoms with Crippen LogP contribution in [0.1, 0.15) is 62.1 Å². The van der Waals surface area contributed by atoms with Gasteiger partial charge in [0.1, 0.15) is 6.61 Å². The number of nitrogens with one attached hydrogen (secondary N) is 1. The molecule has 38 heavy (non-hydrogen) atoms. The number of allylic oxidation sites excluding steroid dienone is 3. The number of aryl methyl sites for hydroxylation is 1. The monoisotopic (exact) mass is 535 g/mol. The molecule has 1 aliphatic carbocycles. The van der Waals surface area contributed by atoms with Crippen molar-refractivity contribution < 1.29 is 23.8 Å². The Hall–Kier alpha value is -3.19. The van der Waals surface area contributed by atoms with Gasteiger partial charge in [0, 0.05) is 35.1 Å². The highest BCUT2D eigenvalue weighted by Crippen LogP contribution is 2.46. The van der Waals surface area contributed by atoms with Crippen molar-refractivity contribution in [3.8, 4) is 11.5 Å². The molecule has 2 aliphatic rings. The molecule has 1 N–H and O–H groups in total. The van der Waals surface area contributed by atoms with Crippen molar-refractivity contribution in [3.05, 3.63) is 81.7 Å². The molecule has 7 heteroatoms. The van der Waals surface area contributed by atoms with Crippen molar-refractivity contribution in [2.45, 2.75) is 51.9 Å². The van der Waals surface area contributed by atoms with Crippen LogP contribution in [0.2, 0.25) is 0 Å². The lowest BCUT2D eigenvalue weighted by molar-refractivity contribution is -0.138. The van der Waals surface area contributed by atoms with Crippen molar-refractivity contribution in [2.75, 3.05) is 32.3 Å². The summed E-state index contributed by atoms with van der Waals surface area (Å²) in [6.07, 6.45) is 1.94. The van der Waals surface area contributed by atoms with Gasteiger partial charge in [0.05, 0.1) is 19.8 Å². The number of carbonyl (C=O) groups excluding carboxylic acids is 2. The molecule has 0 amide bonds. The molecule has 202 valence electrons. The van der Waals surface area contributed by atoms with E-state index in [1.54, 1.807) is 26.0 Å². The van der Waals surface area contributed by atoms with Crippen LogP contribution < -0.4 is 14.8 Å². The fourth-order valence-electron chi connectivity index (χ4n) is 5.35. The summed E-state index contributed by atoms with van der Waals surface area (Å²) in [5, 5.41) is 3.43. The number of benzene rings is 2. The van der Waals surface area contributed by atoms with Crippen LogP contribution >= 0.6 is 11.8 Å². The molecule has 1 heterocycles. The highest BCUT2D eigenvalue weighted by molar-refractivity contribution is 7.99. The summed E-state index contributed by atoms with van der Waals surface area (Å²) in [5.41, 5.74) is 5.97. The topological polar surface area (TPSA) is 73.9 Å². The molecule has 0 bridgehead atoms. The zero-order valence-electron chi connectivity index (χ0n) is 22.9. The van der Waals surface area contributed by atoms with Crippen LogP contribution in [-0.2, 0) is 20.7 Å². The van der Waals surface area contributed by atoms with Gasteiger partial charge in [-0.05, 0) is 60.3 Å². The lowest BCUT2D eigenvalue weighted by Gasteiger charge is -2.37. The van der Waals surface area contributed by atoms with Gasteiger partial charge < -0.3 is 19.5 Å². The molecule has 0 fully saturated rings. The van der Waals surface area contributed by atoms with Gasteiger partial charge in [0.25, 0.3) is 0 Å². The minimum Gasteiger partial charge on any atom is -0.493 e. The minimum atomic E-state index is -0.456. The molecule has 2 unspecified atom stereocenters. The number of hydrogen-bond acceptors (Lipinski definition) is 7. The second-order valence-electron chi connectivity index (χ2n) is 9.56. The van der Waals surface area contributed by atoms with E-state index in [1.165, 1.54) is 5.56 Å². The maximum absolute atomic E-state index is 13.8. The van der Waals surface area contributed by atoms with Crippen LogP contribution in [0.25, 0.3) is 0 Å².